The van der Waals surface area contributed by atoms with Crippen LogP contribution in [0.1, 0.15) is 18.1 Å². The van der Waals surface area contributed by atoms with Crippen LogP contribution in [0, 0.1) is 18.6 Å². The van der Waals surface area contributed by atoms with Gasteiger partial charge in [0.05, 0.1) is 6.04 Å². The van der Waals surface area contributed by atoms with Crippen LogP contribution in [0.25, 0.3) is 0 Å². The van der Waals surface area contributed by atoms with E-state index in [4.69, 9.17) is 0 Å². The molecule has 0 radical (unpaired) electrons. The van der Waals surface area contributed by atoms with E-state index < -0.39 is 17.7 Å². The maximum atomic E-state index is 13.3. The van der Waals surface area contributed by atoms with Crippen molar-refractivity contribution in [1.29, 1.82) is 0 Å². The third-order valence-electron chi connectivity index (χ3n) is 2.68. The van der Waals surface area contributed by atoms with E-state index in [0.29, 0.717) is 17.5 Å². The molecule has 0 aromatic heterocycles. The van der Waals surface area contributed by atoms with E-state index in [2.05, 4.69) is 5.32 Å². The summed E-state index contributed by atoms with van der Waals surface area (Å²) in [4.78, 5) is 11.2. The van der Waals surface area contributed by atoms with Gasteiger partial charge in [-0.05, 0) is 44.5 Å². The SMILES string of the molecule is CN[C@@H](Cc1cc(F)cc(F)c1C)C(C)=O. The number of hydrogen-bond donors (Lipinski definition) is 1. The zero-order valence-corrected chi connectivity index (χ0v) is 9.60. The first kappa shape index (κ1) is 12.8. The summed E-state index contributed by atoms with van der Waals surface area (Å²) in [6, 6.07) is 1.71. The molecule has 0 bridgehead atoms. The van der Waals surface area contributed by atoms with Crippen molar-refractivity contribution in [3.8, 4) is 0 Å². The molecule has 0 saturated carbocycles. The van der Waals surface area contributed by atoms with Crippen LogP contribution in [-0.2, 0) is 11.2 Å². The maximum absolute atomic E-state index is 13.3. The van der Waals surface area contributed by atoms with Gasteiger partial charge in [0.1, 0.15) is 17.4 Å². The molecular weight excluding hydrogens is 212 g/mol. The number of ketones is 1. The lowest BCUT2D eigenvalue weighted by Crippen LogP contribution is -2.34. The van der Waals surface area contributed by atoms with Crippen LogP contribution in [0.3, 0.4) is 0 Å². The molecule has 0 unspecified atom stereocenters. The number of rotatable bonds is 4. The van der Waals surface area contributed by atoms with Gasteiger partial charge in [0, 0.05) is 6.07 Å². The van der Waals surface area contributed by atoms with Crippen molar-refractivity contribution in [3.63, 3.8) is 0 Å². The summed E-state index contributed by atoms with van der Waals surface area (Å²) in [5.41, 5.74) is 0.912. The second kappa shape index (κ2) is 5.16. The van der Waals surface area contributed by atoms with E-state index in [9.17, 15) is 13.6 Å². The molecule has 0 aliphatic carbocycles. The molecule has 0 aliphatic heterocycles. The van der Waals surface area contributed by atoms with Gasteiger partial charge in [-0.15, -0.1) is 0 Å². The Bertz CT molecular complexity index is 404. The van der Waals surface area contributed by atoms with Gasteiger partial charge in [-0.1, -0.05) is 0 Å². The van der Waals surface area contributed by atoms with Crippen molar-refractivity contribution in [1.82, 2.24) is 5.32 Å². The molecule has 1 aromatic rings. The van der Waals surface area contributed by atoms with Gasteiger partial charge in [-0.3, -0.25) is 4.79 Å². The Hall–Kier alpha value is -1.29. The van der Waals surface area contributed by atoms with Gasteiger partial charge in [-0.2, -0.15) is 0 Å². The lowest BCUT2D eigenvalue weighted by atomic mass is 9.98. The number of likely N-dealkylation sites (N-methyl/N-ethyl adjacent to an activating group) is 1. The summed E-state index contributed by atoms with van der Waals surface area (Å²) in [5, 5.41) is 2.82. The first-order valence-corrected chi connectivity index (χ1v) is 5.08. The van der Waals surface area contributed by atoms with Gasteiger partial charge in [0.25, 0.3) is 0 Å². The third kappa shape index (κ3) is 2.85. The molecule has 0 saturated heterocycles. The minimum atomic E-state index is -0.614. The molecular formula is C12H15F2NO. The molecule has 0 aliphatic rings. The zero-order chi connectivity index (χ0) is 12.3. The highest BCUT2D eigenvalue weighted by molar-refractivity contribution is 5.81. The second-order valence-corrected chi connectivity index (χ2v) is 3.83. The Morgan fingerprint density at radius 1 is 1.44 bits per heavy atom. The minimum Gasteiger partial charge on any atom is -0.310 e. The van der Waals surface area contributed by atoms with Crippen molar-refractivity contribution in [3.05, 3.63) is 34.9 Å². The Morgan fingerprint density at radius 3 is 2.56 bits per heavy atom. The number of carbonyl (C=O) groups is 1. The molecule has 1 aromatic carbocycles. The molecule has 0 fully saturated rings. The molecule has 2 nitrogen and oxygen atoms in total. The quantitative estimate of drug-likeness (QED) is 0.852. The second-order valence-electron chi connectivity index (χ2n) is 3.83. The van der Waals surface area contributed by atoms with Crippen LogP contribution in [0.15, 0.2) is 12.1 Å². The van der Waals surface area contributed by atoms with E-state index in [1.54, 1.807) is 14.0 Å². The molecule has 1 rings (SSSR count). The monoisotopic (exact) mass is 227 g/mol. The van der Waals surface area contributed by atoms with Crippen LogP contribution in [0.4, 0.5) is 8.78 Å². The molecule has 0 amide bonds. The lowest BCUT2D eigenvalue weighted by molar-refractivity contribution is -0.118. The number of benzene rings is 1. The van der Waals surface area contributed by atoms with Crippen LogP contribution < -0.4 is 5.32 Å². The highest BCUT2D eigenvalue weighted by Crippen LogP contribution is 2.16. The topological polar surface area (TPSA) is 29.1 Å². The normalized spacial score (nSPS) is 12.6. The Morgan fingerprint density at radius 2 is 2.06 bits per heavy atom. The van der Waals surface area contributed by atoms with Crippen molar-refractivity contribution in [2.45, 2.75) is 26.3 Å². The van der Waals surface area contributed by atoms with Crippen LogP contribution in [-0.4, -0.2) is 18.9 Å². The number of carbonyl (C=O) groups excluding carboxylic acids is 1. The first-order chi connectivity index (χ1) is 7.45. The summed E-state index contributed by atoms with van der Waals surface area (Å²) < 4.78 is 26.3. The average Bonchev–Trinajstić information content (AvgIpc) is 2.20. The molecule has 0 heterocycles. The Balaban J connectivity index is 3.00. The summed E-state index contributed by atoms with van der Waals surface area (Å²) in [6.07, 6.45) is 0.298. The molecule has 0 spiro atoms. The molecule has 16 heavy (non-hydrogen) atoms. The van der Waals surface area contributed by atoms with E-state index in [0.717, 1.165) is 6.07 Å². The van der Waals surface area contributed by atoms with Crippen molar-refractivity contribution < 1.29 is 13.6 Å². The minimum absolute atomic E-state index is 0.0495. The summed E-state index contributed by atoms with van der Waals surface area (Å²) >= 11 is 0. The van der Waals surface area contributed by atoms with Crippen LogP contribution in [0.2, 0.25) is 0 Å². The predicted octanol–water partition coefficient (Wildman–Crippen LogP) is 1.99. The highest BCUT2D eigenvalue weighted by atomic mass is 19.1. The van der Waals surface area contributed by atoms with Crippen LogP contribution in [0.5, 0.6) is 0 Å². The van der Waals surface area contributed by atoms with Crippen molar-refractivity contribution >= 4 is 5.78 Å². The largest absolute Gasteiger partial charge is 0.310 e. The van der Waals surface area contributed by atoms with Gasteiger partial charge in [0.2, 0.25) is 0 Å². The highest BCUT2D eigenvalue weighted by Gasteiger charge is 2.15. The van der Waals surface area contributed by atoms with E-state index >= 15 is 0 Å². The van der Waals surface area contributed by atoms with Crippen molar-refractivity contribution in [2.24, 2.45) is 0 Å². The number of Topliss-reactive ketones (excluding diaryl/α,β-unsaturated/α-hetero) is 1. The smallest absolute Gasteiger partial charge is 0.147 e. The van der Waals surface area contributed by atoms with E-state index in [1.807, 2.05) is 0 Å². The number of hydrogen-bond acceptors (Lipinski definition) is 2. The fourth-order valence-corrected chi connectivity index (χ4v) is 1.58. The van der Waals surface area contributed by atoms with Crippen molar-refractivity contribution in [2.75, 3.05) is 7.05 Å². The zero-order valence-electron chi connectivity index (χ0n) is 9.60. The summed E-state index contributed by atoms with van der Waals surface area (Å²) in [6.45, 7) is 3.03. The third-order valence-corrected chi connectivity index (χ3v) is 2.68. The summed E-state index contributed by atoms with van der Waals surface area (Å²) in [7, 11) is 1.65. The summed E-state index contributed by atoms with van der Waals surface area (Å²) in [5.74, 6) is -1.24. The lowest BCUT2D eigenvalue weighted by Gasteiger charge is -2.14. The number of halogens is 2. The van der Waals surface area contributed by atoms with Gasteiger partial charge < -0.3 is 5.32 Å². The van der Waals surface area contributed by atoms with Gasteiger partial charge >= 0.3 is 0 Å². The predicted molar refractivity (Wildman–Crippen MR) is 58.3 cm³/mol. The Labute approximate surface area is 93.7 Å². The molecule has 88 valence electrons. The Kier molecular flexibility index (Phi) is 4.12. The molecule has 1 atom stereocenters. The average molecular weight is 227 g/mol. The molecule has 1 N–H and O–H groups in total. The fraction of sp³-hybridized carbons (Fsp3) is 0.417. The van der Waals surface area contributed by atoms with Gasteiger partial charge in [0.15, 0.2) is 0 Å². The standard InChI is InChI=1S/C12H15F2NO/c1-7-9(4-10(13)6-11(7)14)5-12(15-3)8(2)16/h4,6,12,15H,5H2,1-3H3/t12-/m0/s1. The fourth-order valence-electron chi connectivity index (χ4n) is 1.58. The number of nitrogens with one attached hydrogen (secondary N) is 1. The van der Waals surface area contributed by atoms with E-state index in [-0.39, 0.29) is 5.78 Å². The van der Waals surface area contributed by atoms with Crippen LogP contribution >= 0.6 is 0 Å². The maximum Gasteiger partial charge on any atom is 0.147 e. The van der Waals surface area contributed by atoms with Gasteiger partial charge in [-0.25, -0.2) is 8.78 Å². The molecule has 4 heteroatoms. The van der Waals surface area contributed by atoms with E-state index in [1.165, 1.54) is 13.0 Å². The first-order valence-electron chi connectivity index (χ1n) is 5.08.